The van der Waals surface area contributed by atoms with Crippen LogP contribution in [0, 0.1) is 0 Å². The van der Waals surface area contributed by atoms with E-state index >= 15 is 0 Å². The molecule has 6 heteroatoms. The smallest absolute Gasteiger partial charge is 0.344 e. The molecule has 3 aromatic carbocycles. The van der Waals surface area contributed by atoms with Crippen LogP contribution in [0.3, 0.4) is 0 Å². The first kappa shape index (κ1) is 21.8. The average Bonchev–Trinajstić information content (AvgIpc) is 3.26. The summed E-state index contributed by atoms with van der Waals surface area (Å²) in [6.07, 6.45) is -0.935. The quantitative estimate of drug-likeness (QED) is 0.405. The molecule has 1 aliphatic rings. The van der Waals surface area contributed by atoms with Crippen LogP contribution in [0.25, 0.3) is 11.0 Å². The minimum atomic E-state index is -0.935. The van der Waals surface area contributed by atoms with Gasteiger partial charge >= 0.3 is 5.63 Å². The van der Waals surface area contributed by atoms with Gasteiger partial charge in [0.15, 0.2) is 6.10 Å². The molecule has 34 heavy (non-hydrogen) atoms. The third kappa shape index (κ3) is 3.81. The molecular weight excluding hydrogens is 430 g/mol. The third-order valence-electron chi connectivity index (χ3n) is 6.24. The molecule has 6 nitrogen and oxygen atoms in total. The highest BCUT2D eigenvalue weighted by Crippen LogP contribution is 2.44. The van der Waals surface area contributed by atoms with E-state index in [0.29, 0.717) is 39.6 Å². The maximum atomic E-state index is 13.4. The van der Waals surface area contributed by atoms with E-state index in [2.05, 4.69) is 19.2 Å². The van der Waals surface area contributed by atoms with Crippen molar-refractivity contribution in [3.63, 3.8) is 0 Å². The predicted octanol–water partition coefficient (Wildman–Crippen LogP) is 5.46. The van der Waals surface area contributed by atoms with Crippen molar-refractivity contribution in [1.82, 2.24) is 0 Å². The summed E-state index contributed by atoms with van der Waals surface area (Å²) in [4.78, 5) is 26.5. The van der Waals surface area contributed by atoms with E-state index in [1.165, 1.54) is 5.56 Å². The van der Waals surface area contributed by atoms with E-state index in [-0.39, 0.29) is 5.91 Å². The largest absolute Gasteiger partial charge is 0.497 e. The van der Waals surface area contributed by atoms with E-state index in [1.807, 2.05) is 36.4 Å². The van der Waals surface area contributed by atoms with Crippen molar-refractivity contribution < 1.29 is 18.7 Å². The molecule has 0 spiro atoms. The Balaban J connectivity index is 1.59. The fourth-order valence-corrected chi connectivity index (χ4v) is 4.40. The number of para-hydroxylation sites is 1. The number of nitrogens with one attached hydrogen (secondary N) is 1. The lowest BCUT2D eigenvalue weighted by Crippen LogP contribution is -2.35. The van der Waals surface area contributed by atoms with Gasteiger partial charge in [0, 0.05) is 5.69 Å². The van der Waals surface area contributed by atoms with E-state index in [1.54, 1.807) is 43.5 Å². The molecular formula is C28H25NO5. The molecule has 0 saturated heterocycles. The van der Waals surface area contributed by atoms with Gasteiger partial charge in [0.2, 0.25) is 0 Å². The number of carbonyl (C=O) groups excluding carboxylic acids is 1. The van der Waals surface area contributed by atoms with Gasteiger partial charge in [-0.2, -0.15) is 0 Å². The van der Waals surface area contributed by atoms with Crippen LogP contribution in [-0.4, -0.2) is 19.1 Å². The highest BCUT2D eigenvalue weighted by atomic mass is 16.5. The zero-order valence-corrected chi connectivity index (χ0v) is 19.2. The average molecular weight is 456 g/mol. The van der Waals surface area contributed by atoms with Crippen LogP contribution in [0.15, 0.2) is 82.0 Å². The van der Waals surface area contributed by atoms with Crippen molar-refractivity contribution in [2.24, 2.45) is 0 Å². The molecule has 0 unspecified atom stereocenters. The first-order chi connectivity index (χ1) is 16.5. The second kappa shape index (κ2) is 8.71. The fraction of sp³-hybridized carbons (Fsp3) is 0.214. The van der Waals surface area contributed by atoms with Crippen molar-refractivity contribution in [3.05, 3.63) is 99.9 Å². The second-order valence-electron chi connectivity index (χ2n) is 8.68. The fourth-order valence-electron chi connectivity index (χ4n) is 4.40. The number of anilines is 1. The summed E-state index contributed by atoms with van der Waals surface area (Å²) in [5.74, 6) is 0.511. The molecule has 1 N–H and O–H groups in total. The molecule has 172 valence electrons. The number of benzene rings is 3. The number of rotatable bonds is 5. The lowest BCUT2D eigenvalue weighted by Gasteiger charge is -2.19. The van der Waals surface area contributed by atoms with Gasteiger partial charge in [-0.05, 0) is 53.4 Å². The molecule has 0 bridgehead atoms. The Morgan fingerprint density at radius 1 is 0.971 bits per heavy atom. The van der Waals surface area contributed by atoms with Crippen LogP contribution in [0.5, 0.6) is 11.5 Å². The van der Waals surface area contributed by atoms with Crippen LogP contribution in [-0.2, 0) is 4.79 Å². The second-order valence-corrected chi connectivity index (χ2v) is 8.68. The van der Waals surface area contributed by atoms with Crippen molar-refractivity contribution in [3.8, 4) is 11.5 Å². The molecule has 1 aromatic heterocycles. The molecule has 5 rings (SSSR count). The normalized spacial score (nSPS) is 16.8. The Labute approximate surface area is 197 Å². The van der Waals surface area contributed by atoms with Gasteiger partial charge in [-0.3, -0.25) is 4.79 Å². The first-order valence-electron chi connectivity index (χ1n) is 11.2. The van der Waals surface area contributed by atoms with Crippen LogP contribution in [0.1, 0.15) is 42.4 Å². The Kier molecular flexibility index (Phi) is 5.57. The summed E-state index contributed by atoms with van der Waals surface area (Å²) in [6.45, 7) is 4.24. The zero-order chi connectivity index (χ0) is 23.8. The van der Waals surface area contributed by atoms with Gasteiger partial charge in [0.1, 0.15) is 17.1 Å². The van der Waals surface area contributed by atoms with Crippen LogP contribution in [0.4, 0.5) is 5.69 Å². The summed E-state index contributed by atoms with van der Waals surface area (Å²) in [5.41, 5.74) is 2.90. The molecule has 0 radical (unpaired) electrons. The Hall–Kier alpha value is -4.06. The standard InChI is InChI=1S/C28H25NO5/c1-16(2)17-8-10-18(11-9-17)23-24-25(21-6-4-5-7-22(21)33-28(24)31)34-26(23)27(30)29-19-12-14-20(32-3)15-13-19/h4-16,23,26H,1-3H3,(H,29,30)/t23-,26+/m1/s1. The van der Waals surface area contributed by atoms with Gasteiger partial charge in [-0.25, -0.2) is 4.79 Å². The Bertz CT molecular complexity index is 1400. The van der Waals surface area contributed by atoms with Crippen LogP contribution >= 0.6 is 0 Å². The number of carbonyl (C=O) groups is 1. The number of amides is 1. The molecule has 2 atom stereocenters. The number of ether oxygens (including phenoxy) is 2. The SMILES string of the molecule is COc1ccc(NC(=O)[C@H]2Oc3c(c(=O)oc4ccccc34)[C@H]2c2ccc(C(C)C)cc2)cc1. The molecule has 1 amide bonds. The number of hydrogen-bond donors (Lipinski definition) is 1. The lowest BCUT2D eigenvalue weighted by molar-refractivity contribution is -0.122. The molecule has 0 fully saturated rings. The van der Waals surface area contributed by atoms with Crippen molar-refractivity contribution >= 4 is 22.6 Å². The minimum absolute atomic E-state index is 0.345. The van der Waals surface area contributed by atoms with Crippen LogP contribution < -0.4 is 20.4 Å². The third-order valence-corrected chi connectivity index (χ3v) is 6.24. The molecule has 0 aliphatic carbocycles. The predicted molar refractivity (Wildman–Crippen MR) is 131 cm³/mol. The van der Waals surface area contributed by atoms with Crippen LogP contribution in [0.2, 0.25) is 0 Å². The highest BCUT2D eigenvalue weighted by Gasteiger charge is 2.44. The number of hydrogen-bond acceptors (Lipinski definition) is 5. The Morgan fingerprint density at radius 3 is 2.35 bits per heavy atom. The topological polar surface area (TPSA) is 77.8 Å². The van der Waals surface area contributed by atoms with E-state index in [9.17, 15) is 9.59 Å². The summed E-state index contributed by atoms with van der Waals surface area (Å²) in [7, 11) is 1.59. The zero-order valence-electron chi connectivity index (χ0n) is 19.2. The maximum absolute atomic E-state index is 13.4. The van der Waals surface area contributed by atoms with Crippen molar-refractivity contribution in [2.75, 3.05) is 12.4 Å². The summed E-state index contributed by atoms with van der Waals surface area (Å²) < 4.78 is 17.0. The monoisotopic (exact) mass is 455 g/mol. The van der Waals surface area contributed by atoms with E-state index < -0.39 is 17.6 Å². The van der Waals surface area contributed by atoms with Gasteiger partial charge in [0.25, 0.3) is 5.91 Å². The minimum Gasteiger partial charge on any atom is -0.497 e. The summed E-state index contributed by atoms with van der Waals surface area (Å²) in [6, 6.07) is 22.2. The van der Waals surface area contributed by atoms with Crippen molar-refractivity contribution in [2.45, 2.75) is 31.8 Å². The van der Waals surface area contributed by atoms with Gasteiger partial charge in [-0.1, -0.05) is 50.2 Å². The first-order valence-corrected chi connectivity index (χ1v) is 11.2. The van der Waals surface area contributed by atoms with Crippen molar-refractivity contribution in [1.29, 1.82) is 0 Å². The molecule has 2 heterocycles. The van der Waals surface area contributed by atoms with E-state index in [4.69, 9.17) is 13.9 Å². The number of fused-ring (bicyclic) bond motifs is 3. The summed E-state index contributed by atoms with van der Waals surface area (Å²) in [5, 5.41) is 3.58. The van der Waals surface area contributed by atoms with Gasteiger partial charge in [0.05, 0.1) is 24.0 Å². The van der Waals surface area contributed by atoms with Gasteiger partial charge < -0.3 is 19.2 Å². The molecule has 4 aromatic rings. The van der Waals surface area contributed by atoms with E-state index in [0.717, 1.165) is 5.56 Å². The lowest BCUT2D eigenvalue weighted by atomic mass is 9.87. The highest BCUT2D eigenvalue weighted by molar-refractivity contribution is 5.97. The summed E-state index contributed by atoms with van der Waals surface area (Å²) >= 11 is 0. The number of methoxy groups -OCH3 is 1. The maximum Gasteiger partial charge on any atom is 0.344 e. The molecule has 1 aliphatic heterocycles. The Morgan fingerprint density at radius 2 is 1.68 bits per heavy atom. The molecule has 0 saturated carbocycles. The van der Waals surface area contributed by atoms with Gasteiger partial charge in [-0.15, -0.1) is 0 Å².